The van der Waals surface area contributed by atoms with E-state index in [1.807, 2.05) is 18.2 Å². The van der Waals surface area contributed by atoms with Crippen molar-refractivity contribution in [2.45, 2.75) is 113 Å². The molecule has 0 unspecified atom stereocenters. The van der Waals surface area contributed by atoms with Gasteiger partial charge in [-0.15, -0.1) is 6.58 Å². The van der Waals surface area contributed by atoms with Crippen LogP contribution in [-0.4, -0.2) is 96.7 Å². The number of sulfonamides is 1. The van der Waals surface area contributed by atoms with E-state index in [1.165, 1.54) is 11.0 Å². The normalized spacial score (nSPS) is 28.7. The Kier molecular flexibility index (Phi) is 10.6. The van der Waals surface area contributed by atoms with E-state index in [-0.39, 0.29) is 26.0 Å². The molecule has 0 aromatic heterocycles. The third-order valence-electron chi connectivity index (χ3n) is 10.3. The lowest BCUT2D eigenvalue weighted by molar-refractivity contribution is -0.141. The van der Waals surface area contributed by atoms with Crippen LogP contribution in [0.25, 0.3) is 0 Å². The highest BCUT2D eigenvalue weighted by atomic mass is 32.2. The van der Waals surface area contributed by atoms with Gasteiger partial charge in [0.15, 0.2) is 0 Å². The molecule has 3 heterocycles. The Morgan fingerprint density at radius 3 is 2.55 bits per heavy atom. The molecule has 6 rings (SSSR count). The van der Waals surface area contributed by atoms with Crippen molar-refractivity contribution in [3.05, 3.63) is 47.5 Å². The Morgan fingerprint density at radius 1 is 1.10 bits per heavy atom. The van der Waals surface area contributed by atoms with Gasteiger partial charge in [-0.3, -0.25) is 24.0 Å². The van der Waals surface area contributed by atoms with E-state index in [0.29, 0.717) is 32.4 Å². The lowest BCUT2D eigenvalue weighted by Gasteiger charge is -2.29. The maximum atomic E-state index is 14.0. The molecule has 17 heteroatoms. The highest BCUT2D eigenvalue weighted by molar-refractivity contribution is 7.91. The Labute approximate surface area is 294 Å². The molecule has 5 atom stereocenters. The minimum absolute atomic E-state index is 0.00890. The number of aryl methyl sites for hydroxylation is 1. The summed E-state index contributed by atoms with van der Waals surface area (Å²) in [7, 11) is -3.97. The Bertz CT molecular complexity index is 1690. The SMILES string of the molecule is C=C[C@@H]1C[C@]1(NC(=O)[C@@H]1C[C@@H]2CN1C(=O)[C@H](CC(F)F)NC(=O)OCCCCCCc1cccc3c1CN(C3)C(=O)O2)C(=O)NS(=O)(=O)C1CC1. The third-order valence-corrected chi connectivity index (χ3v) is 12.1. The molecule has 278 valence electrons. The van der Waals surface area contributed by atoms with Crippen molar-refractivity contribution in [3.63, 3.8) is 0 Å². The molecule has 5 aliphatic rings. The van der Waals surface area contributed by atoms with Crippen LogP contribution in [0.3, 0.4) is 0 Å². The second-order valence-electron chi connectivity index (χ2n) is 14.0. The van der Waals surface area contributed by atoms with E-state index in [9.17, 15) is 41.2 Å². The summed E-state index contributed by atoms with van der Waals surface area (Å²) in [4.78, 5) is 69.8. The smallest absolute Gasteiger partial charge is 0.410 e. The fourth-order valence-corrected chi connectivity index (χ4v) is 8.55. The van der Waals surface area contributed by atoms with Gasteiger partial charge in [-0.2, -0.15) is 0 Å². The molecule has 2 saturated carbocycles. The first-order valence-corrected chi connectivity index (χ1v) is 18.9. The quantitative estimate of drug-likeness (QED) is 0.339. The van der Waals surface area contributed by atoms with Gasteiger partial charge in [0.05, 0.1) is 18.4 Å². The summed E-state index contributed by atoms with van der Waals surface area (Å²) >= 11 is 0. The molecule has 3 aliphatic heterocycles. The summed E-state index contributed by atoms with van der Waals surface area (Å²) < 4.78 is 65.7. The minimum atomic E-state index is -3.97. The van der Waals surface area contributed by atoms with Crippen molar-refractivity contribution in [2.24, 2.45) is 5.92 Å². The van der Waals surface area contributed by atoms with Crippen LogP contribution >= 0.6 is 0 Å². The number of alkyl halides is 2. The molecule has 2 aliphatic carbocycles. The zero-order chi connectivity index (χ0) is 36.5. The van der Waals surface area contributed by atoms with Crippen LogP contribution in [0.2, 0.25) is 0 Å². The van der Waals surface area contributed by atoms with Crippen LogP contribution in [0.1, 0.15) is 74.5 Å². The van der Waals surface area contributed by atoms with Gasteiger partial charge in [-0.1, -0.05) is 37.1 Å². The molecule has 5 amide bonds. The van der Waals surface area contributed by atoms with E-state index < -0.39 is 87.7 Å². The van der Waals surface area contributed by atoms with Crippen LogP contribution in [0, 0.1) is 5.92 Å². The van der Waals surface area contributed by atoms with Gasteiger partial charge in [-0.25, -0.2) is 26.8 Å². The summed E-state index contributed by atoms with van der Waals surface area (Å²) in [5.74, 6) is -3.51. The second kappa shape index (κ2) is 14.8. The second-order valence-corrected chi connectivity index (χ2v) is 15.9. The molecule has 3 fully saturated rings. The van der Waals surface area contributed by atoms with Crippen LogP contribution in [0.15, 0.2) is 30.9 Å². The van der Waals surface area contributed by atoms with Crippen LogP contribution in [0.4, 0.5) is 18.4 Å². The van der Waals surface area contributed by atoms with Gasteiger partial charge >= 0.3 is 12.2 Å². The van der Waals surface area contributed by atoms with Gasteiger partial charge in [0.2, 0.25) is 28.3 Å². The lowest BCUT2D eigenvalue weighted by atomic mass is 9.98. The number of ether oxygens (including phenoxy) is 2. The standard InChI is InChI=1S/C34H43F2N5O9S/c1-2-22-16-34(22,31(44)39-51(47,48)24-11-12-24)38-29(42)27-14-23-18-41(27)30(43)26(15-28(35)36)37-32(45)49-13-6-4-3-5-8-20-9-7-10-21-17-40(19-25(20)21)33(46)50-23/h2,7,9-10,22-24,26-28H,1,3-6,8,11-19H2,(H,37,45)(H,38,42)(H,39,44)/t22-,23-,26+,27+,34-/m1/s1. The number of halogens is 2. The van der Waals surface area contributed by atoms with Crippen molar-refractivity contribution >= 4 is 39.9 Å². The van der Waals surface area contributed by atoms with E-state index >= 15 is 0 Å². The predicted molar refractivity (Wildman–Crippen MR) is 176 cm³/mol. The summed E-state index contributed by atoms with van der Waals surface area (Å²) in [6.07, 6.45) is -1.17. The molecular weight excluding hydrogens is 692 g/mol. The van der Waals surface area contributed by atoms with Crippen molar-refractivity contribution in [3.8, 4) is 0 Å². The van der Waals surface area contributed by atoms with Crippen LogP contribution in [0.5, 0.6) is 0 Å². The van der Waals surface area contributed by atoms with Gasteiger partial charge in [0.25, 0.3) is 5.91 Å². The Balaban J connectivity index is 1.25. The molecular formula is C34H43F2N5O9S. The van der Waals surface area contributed by atoms with Gasteiger partial charge in [0, 0.05) is 31.8 Å². The van der Waals surface area contributed by atoms with Gasteiger partial charge < -0.3 is 25.0 Å². The monoisotopic (exact) mass is 735 g/mol. The molecule has 3 N–H and O–H groups in total. The van der Waals surface area contributed by atoms with Crippen LogP contribution in [-0.2, 0) is 53.4 Å². The predicted octanol–water partition coefficient (Wildman–Crippen LogP) is 2.64. The number of hydrogen-bond acceptors (Lipinski definition) is 9. The molecule has 1 aromatic rings. The van der Waals surface area contributed by atoms with Crippen molar-refractivity contribution < 1.29 is 50.6 Å². The van der Waals surface area contributed by atoms with E-state index in [1.54, 1.807) is 0 Å². The summed E-state index contributed by atoms with van der Waals surface area (Å²) in [6.45, 7) is 3.92. The molecule has 1 saturated heterocycles. The summed E-state index contributed by atoms with van der Waals surface area (Å²) in [5.41, 5.74) is 1.45. The number of alkyl carbamates (subject to hydrolysis) is 1. The molecule has 51 heavy (non-hydrogen) atoms. The van der Waals surface area contributed by atoms with Crippen molar-refractivity contribution in [1.82, 2.24) is 25.2 Å². The zero-order valence-corrected chi connectivity index (χ0v) is 28.9. The number of nitrogens with zero attached hydrogens (tertiary/aromatic N) is 2. The number of amides is 5. The molecule has 0 spiro atoms. The maximum Gasteiger partial charge on any atom is 0.410 e. The van der Waals surface area contributed by atoms with Crippen molar-refractivity contribution in [2.75, 3.05) is 13.2 Å². The number of benzene rings is 1. The average Bonchev–Trinajstić information content (AvgIpc) is 3.97. The molecule has 14 nitrogen and oxygen atoms in total. The lowest BCUT2D eigenvalue weighted by Crippen LogP contribution is -2.58. The Hall–Kier alpha value is -4.28. The fraction of sp³-hybridized carbons (Fsp3) is 0.618. The molecule has 0 radical (unpaired) electrons. The number of fused-ring (bicyclic) bond motifs is 3. The number of hydrogen-bond donors (Lipinski definition) is 3. The van der Waals surface area contributed by atoms with E-state index in [2.05, 4.69) is 21.9 Å². The number of carbonyl (C=O) groups excluding carboxylic acids is 5. The summed E-state index contributed by atoms with van der Waals surface area (Å²) in [6, 6.07) is 2.69. The van der Waals surface area contributed by atoms with Crippen molar-refractivity contribution in [1.29, 1.82) is 0 Å². The number of carbonyl (C=O) groups is 5. The third kappa shape index (κ3) is 8.12. The minimum Gasteiger partial charge on any atom is -0.450 e. The molecule has 4 bridgehead atoms. The first kappa shape index (κ1) is 36.5. The Morgan fingerprint density at radius 2 is 1.84 bits per heavy atom. The van der Waals surface area contributed by atoms with Gasteiger partial charge in [-0.05, 0) is 55.2 Å². The molecule has 1 aromatic carbocycles. The average molecular weight is 736 g/mol. The van der Waals surface area contributed by atoms with E-state index in [4.69, 9.17) is 9.47 Å². The highest BCUT2D eigenvalue weighted by Gasteiger charge is 2.62. The zero-order valence-electron chi connectivity index (χ0n) is 28.1. The maximum absolute atomic E-state index is 14.0. The highest BCUT2D eigenvalue weighted by Crippen LogP contribution is 2.45. The van der Waals surface area contributed by atoms with E-state index in [0.717, 1.165) is 47.3 Å². The number of nitrogens with one attached hydrogen (secondary N) is 3. The van der Waals surface area contributed by atoms with Crippen LogP contribution < -0.4 is 15.4 Å². The van der Waals surface area contributed by atoms with Gasteiger partial charge in [0.1, 0.15) is 23.7 Å². The first-order chi connectivity index (χ1) is 24.3. The largest absolute Gasteiger partial charge is 0.450 e. The number of cyclic esters (lactones) is 1. The topological polar surface area (TPSA) is 181 Å². The first-order valence-electron chi connectivity index (χ1n) is 17.4. The fourth-order valence-electron chi connectivity index (χ4n) is 7.19. The summed E-state index contributed by atoms with van der Waals surface area (Å²) in [5, 5.41) is 4.10. The number of rotatable bonds is 8.